The van der Waals surface area contributed by atoms with Crippen LogP contribution in [0.25, 0.3) is 0 Å². The number of aromatic nitrogens is 1. The molecule has 0 fully saturated rings. The summed E-state index contributed by atoms with van der Waals surface area (Å²) in [7, 11) is 0. The van der Waals surface area contributed by atoms with Gasteiger partial charge in [-0.2, -0.15) is 0 Å². The van der Waals surface area contributed by atoms with E-state index in [1.54, 1.807) is 6.20 Å². The monoisotopic (exact) mass is 241 g/mol. The van der Waals surface area contributed by atoms with E-state index in [1.807, 2.05) is 43.3 Å². The third-order valence-electron chi connectivity index (χ3n) is 2.74. The van der Waals surface area contributed by atoms with E-state index < -0.39 is 0 Å². The maximum absolute atomic E-state index is 11.9. The molecule has 2 rings (SSSR count). The molecule has 3 nitrogen and oxygen atoms in total. The van der Waals surface area contributed by atoms with Crippen LogP contribution >= 0.6 is 0 Å². The third-order valence-corrected chi connectivity index (χ3v) is 2.74. The van der Waals surface area contributed by atoms with Crippen LogP contribution in [0.3, 0.4) is 0 Å². The van der Waals surface area contributed by atoms with Crippen molar-refractivity contribution < 1.29 is 4.79 Å². The molecule has 0 saturated heterocycles. The second-order valence-corrected chi connectivity index (χ2v) is 4.37. The Morgan fingerprint density at radius 2 is 1.89 bits per heavy atom. The van der Waals surface area contributed by atoms with Gasteiger partial charge in [0.1, 0.15) is 0 Å². The quantitative estimate of drug-likeness (QED) is 0.821. The molecule has 0 atom stereocenters. The maximum atomic E-state index is 11.9. The van der Waals surface area contributed by atoms with Crippen molar-refractivity contribution >= 4 is 5.78 Å². The number of ketones is 1. The minimum Gasteiger partial charge on any atom is -0.308 e. The highest BCUT2D eigenvalue weighted by atomic mass is 16.1. The van der Waals surface area contributed by atoms with E-state index in [1.165, 1.54) is 10.6 Å². The molecule has 0 spiro atoms. The number of hydrogen-bond donors (Lipinski definition) is 0. The molecular formula is C15H15NO2. The van der Waals surface area contributed by atoms with E-state index in [0.29, 0.717) is 6.42 Å². The van der Waals surface area contributed by atoms with Crippen molar-refractivity contribution in [2.45, 2.75) is 19.9 Å². The number of carbonyl (C=O) groups is 1. The van der Waals surface area contributed by atoms with Crippen LogP contribution in [0.5, 0.6) is 0 Å². The number of rotatable bonds is 4. The van der Waals surface area contributed by atoms with Gasteiger partial charge in [0.15, 0.2) is 5.78 Å². The molecule has 0 aliphatic carbocycles. The van der Waals surface area contributed by atoms with E-state index in [4.69, 9.17) is 0 Å². The van der Waals surface area contributed by atoms with Crippen molar-refractivity contribution in [3.63, 3.8) is 0 Å². The fraction of sp³-hybridized carbons (Fsp3) is 0.200. The summed E-state index contributed by atoms with van der Waals surface area (Å²) in [4.78, 5) is 23.5. The highest BCUT2D eigenvalue weighted by Crippen LogP contribution is 2.01. The first-order chi connectivity index (χ1) is 8.65. The Kier molecular flexibility index (Phi) is 3.72. The minimum atomic E-state index is -0.128. The van der Waals surface area contributed by atoms with Crippen molar-refractivity contribution in [2.75, 3.05) is 0 Å². The fourth-order valence-corrected chi connectivity index (χ4v) is 1.81. The van der Waals surface area contributed by atoms with Gasteiger partial charge in [0.2, 0.25) is 0 Å². The first kappa shape index (κ1) is 12.3. The lowest BCUT2D eigenvalue weighted by atomic mass is 10.1. The van der Waals surface area contributed by atoms with Crippen LogP contribution in [-0.4, -0.2) is 10.4 Å². The molecule has 0 aliphatic rings. The number of pyridine rings is 1. The highest BCUT2D eigenvalue weighted by molar-refractivity contribution is 5.80. The van der Waals surface area contributed by atoms with E-state index in [2.05, 4.69) is 0 Å². The van der Waals surface area contributed by atoms with Gasteiger partial charge >= 0.3 is 0 Å². The van der Waals surface area contributed by atoms with Gasteiger partial charge in [-0.1, -0.05) is 30.3 Å². The first-order valence-electron chi connectivity index (χ1n) is 5.88. The molecule has 0 amide bonds. The normalized spacial score (nSPS) is 10.3. The van der Waals surface area contributed by atoms with Crippen molar-refractivity contribution in [1.29, 1.82) is 0 Å². The van der Waals surface area contributed by atoms with Gasteiger partial charge in [-0.15, -0.1) is 0 Å². The molecule has 18 heavy (non-hydrogen) atoms. The van der Waals surface area contributed by atoms with Crippen molar-refractivity contribution in [2.24, 2.45) is 0 Å². The zero-order valence-electron chi connectivity index (χ0n) is 10.3. The summed E-state index contributed by atoms with van der Waals surface area (Å²) < 4.78 is 1.44. The zero-order valence-corrected chi connectivity index (χ0v) is 10.3. The topological polar surface area (TPSA) is 39.1 Å². The molecule has 1 heterocycles. The largest absolute Gasteiger partial charge is 0.308 e. The summed E-state index contributed by atoms with van der Waals surface area (Å²) >= 11 is 0. The Hall–Kier alpha value is -2.16. The number of nitrogens with zero attached hydrogens (tertiary/aromatic N) is 1. The molecule has 0 radical (unpaired) electrons. The Morgan fingerprint density at radius 1 is 1.17 bits per heavy atom. The van der Waals surface area contributed by atoms with Crippen molar-refractivity contribution in [3.8, 4) is 0 Å². The van der Waals surface area contributed by atoms with E-state index in [9.17, 15) is 9.59 Å². The van der Waals surface area contributed by atoms with Gasteiger partial charge in [-0.05, 0) is 24.1 Å². The SMILES string of the molecule is Cc1ccn(CC(=O)Cc2ccccc2)c(=O)c1. The number of aryl methyl sites for hydroxylation is 1. The average Bonchev–Trinajstić information content (AvgIpc) is 2.34. The highest BCUT2D eigenvalue weighted by Gasteiger charge is 2.05. The van der Waals surface area contributed by atoms with Gasteiger partial charge in [0.05, 0.1) is 6.54 Å². The van der Waals surface area contributed by atoms with E-state index in [-0.39, 0.29) is 17.9 Å². The van der Waals surface area contributed by atoms with E-state index >= 15 is 0 Å². The smallest absolute Gasteiger partial charge is 0.251 e. The Morgan fingerprint density at radius 3 is 2.56 bits per heavy atom. The molecule has 1 aromatic heterocycles. The van der Waals surface area contributed by atoms with Gasteiger partial charge in [0.25, 0.3) is 5.56 Å². The van der Waals surface area contributed by atoms with Gasteiger partial charge < -0.3 is 4.57 Å². The molecule has 2 aromatic rings. The third kappa shape index (κ3) is 3.17. The molecule has 0 bridgehead atoms. The summed E-state index contributed by atoms with van der Waals surface area (Å²) in [5, 5.41) is 0. The molecule has 0 saturated carbocycles. The molecule has 92 valence electrons. The Balaban J connectivity index is 2.06. The number of benzene rings is 1. The molecular weight excluding hydrogens is 226 g/mol. The maximum Gasteiger partial charge on any atom is 0.251 e. The molecule has 0 unspecified atom stereocenters. The Bertz CT molecular complexity index is 599. The second kappa shape index (κ2) is 5.45. The van der Waals surface area contributed by atoms with Crippen LogP contribution < -0.4 is 5.56 Å². The lowest BCUT2D eigenvalue weighted by Gasteiger charge is -2.05. The lowest BCUT2D eigenvalue weighted by molar-refractivity contribution is -0.119. The van der Waals surface area contributed by atoms with E-state index in [0.717, 1.165) is 11.1 Å². The van der Waals surface area contributed by atoms with Crippen LogP contribution in [0.4, 0.5) is 0 Å². The summed E-state index contributed by atoms with van der Waals surface area (Å²) in [6, 6.07) is 12.9. The van der Waals surface area contributed by atoms with Crippen LogP contribution in [0.15, 0.2) is 53.5 Å². The van der Waals surface area contributed by atoms with Crippen molar-refractivity contribution in [1.82, 2.24) is 4.57 Å². The summed E-state index contributed by atoms with van der Waals surface area (Å²) in [6.45, 7) is 1.99. The summed E-state index contributed by atoms with van der Waals surface area (Å²) in [5.41, 5.74) is 1.76. The lowest BCUT2D eigenvalue weighted by Crippen LogP contribution is -2.24. The predicted octanol–water partition coefficient (Wildman–Crippen LogP) is 1.97. The summed E-state index contributed by atoms with van der Waals surface area (Å²) in [6.07, 6.45) is 2.03. The van der Waals surface area contributed by atoms with Crippen molar-refractivity contribution in [3.05, 3.63) is 70.1 Å². The first-order valence-corrected chi connectivity index (χ1v) is 5.88. The average molecular weight is 241 g/mol. The van der Waals surface area contributed by atoms with Gasteiger partial charge in [0, 0.05) is 18.7 Å². The molecule has 0 N–H and O–H groups in total. The predicted molar refractivity (Wildman–Crippen MR) is 70.6 cm³/mol. The summed E-state index contributed by atoms with van der Waals surface area (Å²) in [5.74, 6) is 0.0344. The number of hydrogen-bond acceptors (Lipinski definition) is 2. The second-order valence-electron chi connectivity index (χ2n) is 4.37. The molecule has 3 heteroatoms. The number of carbonyl (C=O) groups excluding carboxylic acids is 1. The molecule has 1 aromatic carbocycles. The number of Topliss-reactive ketones (excluding diaryl/α,β-unsaturated/α-hetero) is 1. The molecule has 0 aliphatic heterocycles. The van der Waals surface area contributed by atoms with Crippen LogP contribution in [0, 0.1) is 6.92 Å². The zero-order chi connectivity index (χ0) is 13.0. The Labute approximate surface area is 106 Å². The fourth-order valence-electron chi connectivity index (χ4n) is 1.81. The van der Waals surface area contributed by atoms with Gasteiger partial charge in [-0.3, -0.25) is 9.59 Å². The standard InChI is InChI=1S/C15H15NO2/c1-12-7-8-16(15(18)9-12)11-14(17)10-13-5-3-2-4-6-13/h2-9H,10-11H2,1H3. The van der Waals surface area contributed by atoms with Crippen LogP contribution in [-0.2, 0) is 17.8 Å². The van der Waals surface area contributed by atoms with Crippen LogP contribution in [0.2, 0.25) is 0 Å². The minimum absolute atomic E-state index is 0.0344. The van der Waals surface area contributed by atoms with Gasteiger partial charge in [-0.25, -0.2) is 0 Å². The van der Waals surface area contributed by atoms with Crippen LogP contribution in [0.1, 0.15) is 11.1 Å².